The van der Waals surface area contributed by atoms with Crippen LogP contribution in [0.25, 0.3) is 0 Å². The van der Waals surface area contributed by atoms with E-state index in [1.165, 1.54) is 0 Å². The molecule has 7 heteroatoms. The van der Waals surface area contributed by atoms with Crippen molar-refractivity contribution >= 4 is 17.4 Å². The minimum atomic E-state index is -0.0810. The van der Waals surface area contributed by atoms with Crippen LogP contribution in [0.5, 0.6) is 0 Å². The minimum absolute atomic E-state index is 0.0810. The van der Waals surface area contributed by atoms with Crippen LogP contribution in [0.3, 0.4) is 0 Å². The summed E-state index contributed by atoms with van der Waals surface area (Å²) in [5.74, 6) is 0.655. The van der Waals surface area contributed by atoms with Gasteiger partial charge in [0, 0.05) is 13.1 Å². The molecule has 96 valence electrons. The van der Waals surface area contributed by atoms with Gasteiger partial charge in [-0.15, -0.1) is 5.10 Å². The van der Waals surface area contributed by atoms with E-state index in [-0.39, 0.29) is 5.91 Å². The lowest BCUT2D eigenvalue weighted by atomic mass is 10.2. The third kappa shape index (κ3) is 2.56. The quantitative estimate of drug-likeness (QED) is 0.841. The molecule has 0 bridgehead atoms. The van der Waals surface area contributed by atoms with E-state index in [0.29, 0.717) is 17.8 Å². The van der Waals surface area contributed by atoms with Crippen LogP contribution in [0, 0.1) is 6.92 Å². The Morgan fingerprint density at radius 2 is 2.33 bits per heavy atom. The Kier molecular flexibility index (Phi) is 3.71. The van der Waals surface area contributed by atoms with Gasteiger partial charge in [-0.05, 0) is 24.9 Å². The molecule has 0 N–H and O–H groups in total. The number of carbonyl (C=O) groups excluding carboxylic acids is 1. The van der Waals surface area contributed by atoms with Crippen LogP contribution in [-0.2, 0) is 13.0 Å². The molecule has 0 aliphatic heterocycles. The lowest BCUT2D eigenvalue weighted by Crippen LogP contribution is -2.26. The van der Waals surface area contributed by atoms with Gasteiger partial charge in [0.25, 0.3) is 5.91 Å². The monoisotopic (exact) mass is 266 g/mol. The average molecular weight is 266 g/mol. The highest BCUT2D eigenvalue weighted by atomic mass is 32.1. The molecule has 0 fully saturated rings. The van der Waals surface area contributed by atoms with Gasteiger partial charge in [0.15, 0.2) is 0 Å². The van der Waals surface area contributed by atoms with Crippen LogP contribution in [0.15, 0.2) is 10.6 Å². The number of hydrogen-bond donors (Lipinski definition) is 0. The van der Waals surface area contributed by atoms with Crippen molar-refractivity contribution in [2.45, 2.75) is 26.8 Å². The third-order valence-corrected chi connectivity index (χ3v) is 3.26. The Balaban J connectivity index is 2.09. The van der Waals surface area contributed by atoms with Crippen molar-refractivity contribution in [1.82, 2.24) is 19.6 Å². The molecule has 0 saturated heterocycles. The highest BCUT2D eigenvalue weighted by Crippen LogP contribution is 2.15. The van der Waals surface area contributed by atoms with Crippen molar-refractivity contribution in [3.05, 3.63) is 28.1 Å². The molecule has 0 aliphatic rings. The maximum absolute atomic E-state index is 12.2. The molecule has 6 nitrogen and oxygen atoms in total. The lowest BCUT2D eigenvalue weighted by molar-refractivity contribution is 0.0785. The third-order valence-electron chi connectivity index (χ3n) is 2.51. The predicted octanol–water partition coefficient (Wildman–Crippen LogP) is 1.67. The molecule has 1 amide bonds. The molecule has 0 saturated carbocycles. The van der Waals surface area contributed by atoms with Crippen molar-refractivity contribution in [3.63, 3.8) is 0 Å². The maximum atomic E-state index is 12.2. The van der Waals surface area contributed by atoms with Crippen LogP contribution in [0.4, 0.5) is 0 Å². The second kappa shape index (κ2) is 5.26. The number of amides is 1. The molecule has 18 heavy (non-hydrogen) atoms. The first-order valence-electron chi connectivity index (χ1n) is 5.60. The molecular weight excluding hydrogens is 252 g/mol. The second-order valence-electron chi connectivity index (χ2n) is 3.99. The van der Waals surface area contributed by atoms with Crippen molar-refractivity contribution in [3.8, 4) is 0 Å². The van der Waals surface area contributed by atoms with Gasteiger partial charge < -0.3 is 9.42 Å². The molecule has 0 spiro atoms. The molecule has 0 unspecified atom stereocenters. The zero-order valence-corrected chi connectivity index (χ0v) is 11.3. The Morgan fingerprint density at radius 3 is 2.94 bits per heavy atom. The normalized spacial score (nSPS) is 10.6. The van der Waals surface area contributed by atoms with E-state index in [0.717, 1.165) is 28.7 Å². The van der Waals surface area contributed by atoms with Crippen LogP contribution < -0.4 is 0 Å². The predicted molar refractivity (Wildman–Crippen MR) is 66.3 cm³/mol. The first-order chi connectivity index (χ1) is 8.61. The highest BCUT2D eigenvalue weighted by molar-refractivity contribution is 7.07. The van der Waals surface area contributed by atoms with Gasteiger partial charge in [0.05, 0.1) is 12.2 Å². The van der Waals surface area contributed by atoms with Crippen molar-refractivity contribution in [2.75, 3.05) is 7.05 Å². The molecular formula is C11H14N4O2S. The Morgan fingerprint density at radius 1 is 1.56 bits per heavy atom. The zero-order valence-electron chi connectivity index (χ0n) is 10.5. The fourth-order valence-electron chi connectivity index (χ4n) is 1.58. The van der Waals surface area contributed by atoms with Crippen LogP contribution in [-0.4, -0.2) is 32.6 Å². The molecule has 2 aromatic heterocycles. The fraction of sp³-hybridized carbons (Fsp3) is 0.455. The standard InChI is InChI=1S/C11H14N4O2S/c1-4-9-10(18-14-12-9)11(16)15(3)6-8-5-7(2)17-13-8/h5H,4,6H2,1-3H3. The summed E-state index contributed by atoms with van der Waals surface area (Å²) in [6.07, 6.45) is 0.703. The highest BCUT2D eigenvalue weighted by Gasteiger charge is 2.19. The SMILES string of the molecule is CCc1nnsc1C(=O)N(C)Cc1cc(C)on1. The number of aromatic nitrogens is 3. The van der Waals surface area contributed by atoms with E-state index in [9.17, 15) is 4.79 Å². The van der Waals surface area contributed by atoms with Crippen LogP contribution in [0.2, 0.25) is 0 Å². The molecule has 0 radical (unpaired) electrons. The molecule has 0 aromatic carbocycles. The largest absolute Gasteiger partial charge is 0.361 e. The van der Waals surface area contributed by atoms with Crippen LogP contribution in [0.1, 0.15) is 33.7 Å². The first kappa shape index (κ1) is 12.7. The van der Waals surface area contributed by atoms with E-state index in [4.69, 9.17) is 4.52 Å². The van der Waals surface area contributed by atoms with Gasteiger partial charge in [-0.25, -0.2) is 0 Å². The molecule has 2 heterocycles. The summed E-state index contributed by atoms with van der Waals surface area (Å²) in [5.41, 5.74) is 1.48. The maximum Gasteiger partial charge on any atom is 0.267 e. The van der Waals surface area contributed by atoms with Crippen molar-refractivity contribution < 1.29 is 9.32 Å². The Bertz CT molecular complexity index is 549. The van der Waals surface area contributed by atoms with E-state index in [1.54, 1.807) is 11.9 Å². The first-order valence-corrected chi connectivity index (χ1v) is 6.38. The van der Waals surface area contributed by atoms with Crippen molar-refractivity contribution in [1.29, 1.82) is 0 Å². The number of rotatable bonds is 4. The zero-order chi connectivity index (χ0) is 13.1. The molecule has 2 aromatic rings. The van der Waals surface area contributed by atoms with Gasteiger partial charge in [-0.1, -0.05) is 16.6 Å². The summed E-state index contributed by atoms with van der Waals surface area (Å²) in [4.78, 5) is 14.4. The molecule has 2 rings (SSSR count). The number of hydrogen-bond acceptors (Lipinski definition) is 6. The van der Waals surface area contributed by atoms with Gasteiger partial charge in [-0.3, -0.25) is 4.79 Å². The van der Waals surface area contributed by atoms with Gasteiger partial charge >= 0.3 is 0 Å². The molecule has 0 aliphatic carbocycles. The van der Waals surface area contributed by atoms with E-state index < -0.39 is 0 Å². The van der Waals surface area contributed by atoms with Gasteiger partial charge in [0.2, 0.25) is 0 Å². The average Bonchev–Trinajstić information content (AvgIpc) is 2.96. The molecule has 0 atom stereocenters. The fourth-order valence-corrected chi connectivity index (χ4v) is 2.33. The van der Waals surface area contributed by atoms with Gasteiger partial charge in [-0.2, -0.15) is 0 Å². The number of nitrogens with zero attached hydrogens (tertiary/aromatic N) is 4. The van der Waals surface area contributed by atoms with Crippen molar-refractivity contribution in [2.24, 2.45) is 0 Å². The summed E-state index contributed by atoms with van der Waals surface area (Å²) < 4.78 is 8.79. The number of aryl methyl sites for hydroxylation is 2. The minimum Gasteiger partial charge on any atom is -0.361 e. The Hall–Kier alpha value is -1.76. The second-order valence-corrected chi connectivity index (χ2v) is 4.75. The summed E-state index contributed by atoms with van der Waals surface area (Å²) in [7, 11) is 1.73. The van der Waals surface area contributed by atoms with Crippen LogP contribution >= 0.6 is 11.5 Å². The summed E-state index contributed by atoms with van der Waals surface area (Å²) >= 11 is 1.13. The summed E-state index contributed by atoms with van der Waals surface area (Å²) in [5, 5.41) is 7.80. The number of carbonyl (C=O) groups is 1. The van der Waals surface area contributed by atoms with Gasteiger partial charge in [0.1, 0.15) is 16.3 Å². The Labute approximate surface area is 109 Å². The smallest absolute Gasteiger partial charge is 0.267 e. The van der Waals surface area contributed by atoms with E-state index >= 15 is 0 Å². The summed E-state index contributed by atoms with van der Waals surface area (Å²) in [6.45, 7) is 4.19. The van der Waals surface area contributed by atoms with E-state index in [1.807, 2.05) is 19.9 Å². The summed E-state index contributed by atoms with van der Waals surface area (Å²) in [6, 6.07) is 1.81. The van der Waals surface area contributed by atoms with E-state index in [2.05, 4.69) is 14.7 Å². The topological polar surface area (TPSA) is 72.1 Å². The lowest BCUT2D eigenvalue weighted by Gasteiger charge is -2.14.